The van der Waals surface area contributed by atoms with Crippen molar-refractivity contribution in [3.05, 3.63) is 73.3 Å². The second-order valence-corrected chi connectivity index (χ2v) is 4.87. The standard InChI is InChI=1S/C15H14N4O4/c1-10-4-3-5-12(11(10)2)9-16-17-14-7-6-13(18(20)21)8-15(14)19(22)23/h3-9,17H,1-2H3/b16-9+. The van der Waals surface area contributed by atoms with E-state index in [0.29, 0.717) is 0 Å². The van der Waals surface area contributed by atoms with Gasteiger partial charge < -0.3 is 0 Å². The highest BCUT2D eigenvalue weighted by molar-refractivity contribution is 5.83. The van der Waals surface area contributed by atoms with E-state index in [1.54, 1.807) is 6.21 Å². The van der Waals surface area contributed by atoms with Crippen LogP contribution in [-0.2, 0) is 0 Å². The lowest BCUT2D eigenvalue weighted by molar-refractivity contribution is -0.393. The Morgan fingerprint density at radius 2 is 1.83 bits per heavy atom. The van der Waals surface area contributed by atoms with Crippen LogP contribution in [0, 0.1) is 34.1 Å². The van der Waals surface area contributed by atoms with E-state index in [1.165, 1.54) is 12.1 Å². The Bertz CT molecular complexity index is 802. The predicted molar refractivity (Wildman–Crippen MR) is 86.9 cm³/mol. The molecule has 0 atom stereocenters. The first kappa shape index (κ1) is 16.1. The highest BCUT2D eigenvalue weighted by Crippen LogP contribution is 2.28. The fourth-order valence-corrected chi connectivity index (χ4v) is 1.96. The predicted octanol–water partition coefficient (Wildman–Crippen LogP) is 3.57. The Morgan fingerprint density at radius 1 is 1.09 bits per heavy atom. The van der Waals surface area contributed by atoms with Gasteiger partial charge in [-0.3, -0.25) is 25.7 Å². The monoisotopic (exact) mass is 314 g/mol. The number of non-ortho nitro benzene ring substituents is 1. The van der Waals surface area contributed by atoms with Gasteiger partial charge in [0.15, 0.2) is 0 Å². The van der Waals surface area contributed by atoms with Crippen LogP contribution >= 0.6 is 0 Å². The molecule has 0 unspecified atom stereocenters. The van der Waals surface area contributed by atoms with E-state index in [4.69, 9.17) is 0 Å². The van der Waals surface area contributed by atoms with Crippen LogP contribution < -0.4 is 5.43 Å². The van der Waals surface area contributed by atoms with E-state index >= 15 is 0 Å². The zero-order valence-electron chi connectivity index (χ0n) is 12.5. The minimum absolute atomic E-state index is 0.0853. The summed E-state index contributed by atoms with van der Waals surface area (Å²) in [6, 6.07) is 9.08. The summed E-state index contributed by atoms with van der Waals surface area (Å²) >= 11 is 0. The number of nitro benzene ring substituents is 2. The highest BCUT2D eigenvalue weighted by Gasteiger charge is 2.19. The van der Waals surface area contributed by atoms with Gasteiger partial charge in [0.1, 0.15) is 5.69 Å². The molecule has 0 aliphatic carbocycles. The summed E-state index contributed by atoms with van der Waals surface area (Å²) in [5, 5.41) is 25.7. The third kappa shape index (κ3) is 3.67. The van der Waals surface area contributed by atoms with Crippen LogP contribution in [0.5, 0.6) is 0 Å². The van der Waals surface area contributed by atoms with Crippen LogP contribution in [0.25, 0.3) is 0 Å². The van der Waals surface area contributed by atoms with Crippen LogP contribution in [0.2, 0.25) is 0 Å². The van der Waals surface area contributed by atoms with Crippen LogP contribution in [0.4, 0.5) is 17.1 Å². The maximum atomic E-state index is 11.0. The van der Waals surface area contributed by atoms with Crippen molar-refractivity contribution in [1.29, 1.82) is 0 Å². The molecule has 0 saturated heterocycles. The topological polar surface area (TPSA) is 111 Å². The van der Waals surface area contributed by atoms with Crippen molar-refractivity contribution in [2.45, 2.75) is 13.8 Å². The normalized spacial score (nSPS) is 10.7. The number of hydrazone groups is 1. The smallest absolute Gasteiger partial charge is 0.272 e. The third-order valence-electron chi connectivity index (χ3n) is 3.42. The fourth-order valence-electron chi connectivity index (χ4n) is 1.96. The summed E-state index contributed by atoms with van der Waals surface area (Å²) in [5.41, 5.74) is 4.93. The van der Waals surface area contributed by atoms with Gasteiger partial charge in [0.25, 0.3) is 5.69 Å². The van der Waals surface area contributed by atoms with Crippen LogP contribution in [0.15, 0.2) is 41.5 Å². The molecule has 23 heavy (non-hydrogen) atoms. The Morgan fingerprint density at radius 3 is 2.48 bits per heavy atom. The maximum Gasteiger partial charge on any atom is 0.301 e. The van der Waals surface area contributed by atoms with Gasteiger partial charge >= 0.3 is 5.69 Å². The van der Waals surface area contributed by atoms with Crippen molar-refractivity contribution < 1.29 is 9.85 Å². The average Bonchev–Trinajstić information content (AvgIpc) is 2.51. The van der Waals surface area contributed by atoms with E-state index in [0.717, 1.165) is 22.8 Å². The molecule has 8 nitrogen and oxygen atoms in total. The van der Waals surface area contributed by atoms with E-state index in [9.17, 15) is 20.2 Å². The van der Waals surface area contributed by atoms with Crippen molar-refractivity contribution in [1.82, 2.24) is 0 Å². The summed E-state index contributed by atoms with van der Waals surface area (Å²) in [6.45, 7) is 3.92. The summed E-state index contributed by atoms with van der Waals surface area (Å²) in [6.07, 6.45) is 1.55. The second kappa shape index (κ2) is 6.65. The lowest BCUT2D eigenvalue weighted by Crippen LogP contribution is -1.99. The van der Waals surface area contributed by atoms with Crippen molar-refractivity contribution in [3.8, 4) is 0 Å². The molecule has 0 bridgehead atoms. The number of rotatable bonds is 5. The molecule has 1 N–H and O–H groups in total. The van der Waals surface area contributed by atoms with Gasteiger partial charge in [0.05, 0.1) is 22.1 Å². The molecule has 118 valence electrons. The number of benzene rings is 2. The minimum Gasteiger partial charge on any atom is -0.272 e. The lowest BCUT2D eigenvalue weighted by atomic mass is 10.0. The number of hydrogen-bond acceptors (Lipinski definition) is 6. The Labute approximate surface area is 131 Å². The SMILES string of the molecule is Cc1cccc(/C=N/Nc2ccc([N+](=O)[O-])cc2[N+](=O)[O-])c1C. The van der Waals surface area contributed by atoms with Gasteiger partial charge in [-0.05, 0) is 36.6 Å². The molecule has 0 spiro atoms. The average molecular weight is 314 g/mol. The third-order valence-corrected chi connectivity index (χ3v) is 3.42. The van der Waals surface area contributed by atoms with Crippen molar-refractivity contribution in [3.63, 3.8) is 0 Å². The van der Waals surface area contributed by atoms with Gasteiger partial charge in [-0.2, -0.15) is 5.10 Å². The fraction of sp³-hybridized carbons (Fsp3) is 0.133. The van der Waals surface area contributed by atoms with Crippen molar-refractivity contribution in [2.24, 2.45) is 5.10 Å². The molecule has 0 heterocycles. The van der Waals surface area contributed by atoms with Crippen LogP contribution in [-0.4, -0.2) is 16.1 Å². The first-order valence-electron chi connectivity index (χ1n) is 6.68. The Balaban J connectivity index is 2.26. The molecular weight excluding hydrogens is 300 g/mol. The van der Waals surface area contributed by atoms with Crippen LogP contribution in [0.1, 0.15) is 16.7 Å². The molecule has 0 aromatic heterocycles. The minimum atomic E-state index is -0.692. The zero-order chi connectivity index (χ0) is 17.0. The molecule has 2 aromatic rings. The van der Waals surface area contributed by atoms with Gasteiger partial charge in [-0.1, -0.05) is 18.2 Å². The van der Waals surface area contributed by atoms with E-state index < -0.39 is 15.5 Å². The van der Waals surface area contributed by atoms with E-state index in [2.05, 4.69) is 10.5 Å². The molecule has 0 saturated carbocycles. The first-order chi connectivity index (χ1) is 10.9. The van der Waals surface area contributed by atoms with E-state index in [1.807, 2.05) is 32.0 Å². The molecule has 0 fully saturated rings. The molecule has 0 amide bonds. The zero-order valence-corrected chi connectivity index (χ0v) is 12.5. The molecule has 2 aromatic carbocycles. The number of nitrogens with zero attached hydrogens (tertiary/aromatic N) is 3. The molecule has 8 heteroatoms. The first-order valence-corrected chi connectivity index (χ1v) is 6.68. The summed E-state index contributed by atoms with van der Waals surface area (Å²) in [5.74, 6) is 0. The van der Waals surface area contributed by atoms with Crippen molar-refractivity contribution >= 4 is 23.3 Å². The largest absolute Gasteiger partial charge is 0.301 e. The van der Waals surface area contributed by atoms with Crippen molar-refractivity contribution in [2.75, 3.05) is 5.43 Å². The molecule has 0 aliphatic heterocycles. The molecule has 2 rings (SSSR count). The second-order valence-electron chi connectivity index (χ2n) is 4.87. The number of nitro groups is 2. The van der Waals surface area contributed by atoms with Gasteiger partial charge in [0, 0.05) is 6.07 Å². The molecule has 0 aliphatic rings. The van der Waals surface area contributed by atoms with Gasteiger partial charge in [0.2, 0.25) is 0 Å². The summed E-state index contributed by atoms with van der Waals surface area (Å²) < 4.78 is 0. The quantitative estimate of drug-likeness (QED) is 0.515. The summed E-state index contributed by atoms with van der Waals surface area (Å²) in [7, 11) is 0. The number of hydrogen-bond donors (Lipinski definition) is 1. The Hall–Kier alpha value is -3.29. The summed E-state index contributed by atoms with van der Waals surface area (Å²) in [4.78, 5) is 20.3. The van der Waals surface area contributed by atoms with Gasteiger partial charge in [-0.15, -0.1) is 0 Å². The molecule has 0 radical (unpaired) electrons. The van der Waals surface area contributed by atoms with Gasteiger partial charge in [-0.25, -0.2) is 0 Å². The van der Waals surface area contributed by atoms with E-state index in [-0.39, 0.29) is 11.4 Å². The Kier molecular flexibility index (Phi) is 4.65. The highest BCUT2D eigenvalue weighted by atomic mass is 16.6. The number of anilines is 1. The molecular formula is C15H14N4O4. The number of nitrogens with one attached hydrogen (secondary N) is 1. The lowest BCUT2D eigenvalue weighted by Gasteiger charge is -2.04. The number of aryl methyl sites for hydroxylation is 1. The van der Waals surface area contributed by atoms with Crippen LogP contribution in [0.3, 0.4) is 0 Å². The maximum absolute atomic E-state index is 11.0.